The van der Waals surface area contributed by atoms with E-state index in [1.807, 2.05) is 30.7 Å². The van der Waals surface area contributed by atoms with Gasteiger partial charge in [-0.25, -0.2) is 0 Å². The molecule has 1 saturated heterocycles. The Hall–Kier alpha value is -2.28. The second kappa shape index (κ2) is 6.46. The average molecular weight is 355 g/mol. The predicted octanol–water partition coefficient (Wildman–Crippen LogP) is 1.61. The molecule has 0 radical (unpaired) electrons. The minimum absolute atomic E-state index is 0.0181. The summed E-state index contributed by atoms with van der Waals surface area (Å²) in [6, 6.07) is 3.80. The van der Waals surface area contributed by atoms with Crippen LogP contribution in [-0.2, 0) is 13.5 Å². The van der Waals surface area contributed by atoms with Crippen LogP contribution in [0.2, 0.25) is 0 Å². The van der Waals surface area contributed by atoms with Crippen molar-refractivity contribution in [3.63, 3.8) is 0 Å². The monoisotopic (exact) mass is 355 g/mol. The number of hydrogen-bond donors (Lipinski definition) is 1. The minimum Gasteiger partial charge on any atom is -0.388 e. The summed E-state index contributed by atoms with van der Waals surface area (Å²) < 4.78 is 1.81. The van der Waals surface area contributed by atoms with Crippen molar-refractivity contribution in [1.29, 1.82) is 0 Å². The smallest absolute Gasteiger partial charge is 0.255 e. The molecule has 0 aromatic carbocycles. The molecule has 4 rings (SSSR count). The van der Waals surface area contributed by atoms with E-state index in [0.29, 0.717) is 37.4 Å². The molecule has 2 fully saturated rings. The molecule has 1 atom stereocenters. The van der Waals surface area contributed by atoms with Gasteiger partial charge in [-0.1, -0.05) is 0 Å². The average Bonchev–Trinajstić information content (AvgIpc) is 3.38. The third-order valence-corrected chi connectivity index (χ3v) is 5.39. The molecule has 1 N–H and O–H groups in total. The second-order valence-electron chi connectivity index (χ2n) is 7.75. The molecule has 138 valence electrons. The number of likely N-dealkylation sites (tertiary alicyclic amines) is 1. The van der Waals surface area contributed by atoms with Crippen molar-refractivity contribution in [3.05, 3.63) is 41.2 Å². The van der Waals surface area contributed by atoms with Crippen LogP contribution in [0.15, 0.2) is 18.5 Å². The van der Waals surface area contributed by atoms with Crippen molar-refractivity contribution < 1.29 is 9.90 Å². The van der Waals surface area contributed by atoms with Crippen LogP contribution in [0.1, 0.15) is 59.2 Å². The van der Waals surface area contributed by atoms with Crippen molar-refractivity contribution in [2.45, 2.75) is 50.5 Å². The van der Waals surface area contributed by atoms with Gasteiger partial charge >= 0.3 is 0 Å². The fraction of sp³-hybridized carbons (Fsp3) is 0.579. The lowest BCUT2D eigenvalue weighted by Gasteiger charge is -2.39. The van der Waals surface area contributed by atoms with Gasteiger partial charge in [0.1, 0.15) is 12.2 Å². The number of rotatable bonds is 4. The molecule has 1 amide bonds. The van der Waals surface area contributed by atoms with Crippen LogP contribution in [0.5, 0.6) is 0 Å². The zero-order chi connectivity index (χ0) is 18.3. The number of aromatic nitrogens is 4. The number of amides is 1. The maximum Gasteiger partial charge on any atom is 0.255 e. The van der Waals surface area contributed by atoms with Gasteiger partial charge in [0.05, 0.1) is 23.4 Å². The fourth-order valence-corrected chi connectivity index (χ4v) is 3.79. The van der Waals surface area contributed by atoms with Gasteiger partial charge in [-0.3, -0.25) is 9.78 Å². The molecular formula is C19H25N5O2. The third kappa shape index (κ3) is 3.35. The number of piperidine rings is 1. The molecule has 1 aliphatic heterocycles. The lowest BCUT2D eigenvalue weighted by molar-refractivity contribution is -0.0258. The van der Waals surface area contributed by atoms with Gasteiger partial charge in [0.2, 0.25) is 0 Å². The SMILES string of the molecule is Cc1ccc(C(=O)N2CCCC(O)(Cc3nncn3C)C2)c(C2CC2)n1. The Morgan fingerprint density at radius 2 is 2.19 bits per heavy atom. The molecule has 7 heteroatoms. The van der Waals surface area contributed by atoms with Crippen molar-refractivity contribution in [3.8, 4) is 0 Å². The molecule has 2 aromatic rings. The summed E-state index contributed by atoms with van der Waals surface area (Å²) in [5.74, 6) is 1.13. The maximum atomic E-state index is 13.2. The fourth-order valence-electron chi connectivity index (χ4n) is 3.79. The number of carbonyl (C=O) groups is 1. The van der Waals surface area contributed by atoms with Crippen LogP contribution in [0.25, 0.3) is 0 Å². The van der Waals surface area contributed by atoms with Gasteiger partial charge in [0, 0.05) is 31.6 Å². The quantitative estimate of drug-likeness (QED) is 0.901. The first-order valence-corrected chi connectivity index (χ1v) is 9.27. The molecule has 0 bridgehead atoms. The molecule has 1 aliphatic carbocycles. The first kappa shape index (κ1) is 17.1. The Kier molecular flexibility index (Phi) is 4.26. The molecule has 0 spiro atoms. The summed E-state index contributed by atoms with van der Waals surface area (Å²) in [5, 5.41) is 19.0. The van der Waals surface area contributed by atoms with Gasteiger partial charge in [-0.2, -0.15) is 0 Å². The lowest BCUT2D eigenvalue weighted by Crippen LogP contribution is -2.52. The number of β-amino-alcohol motifs (C(OH)–C–C–N with tert-alkyl or cyclic N) is 1. The number of carbonyl (C=O) groups excluding carboxylic acids is 1. The number of aliphatic hydroxyl groups is 1. The summed E-state index contributed by atoms with van der Waals surface area (Å²) in [6.07, 6.45) is 5.67. The summed E-state index contributed by atoms with van der Waals surface area (Å²) in [5.41, 5.74) is 1.60. The summed E-state index contributed by atoms with van der Waals surface area (Å²) in [4.78, 5) is 19.6. The topological polar surface area (TPSA) is 84.1 Å². The van der Waals surface area contributed by atoms with E-state index >= 15 is 0 Å². The van der Waals surface area contributed by atoms with Gasteiger partial charge in [-0.05, 0) is 44.7 Å². The van der Waals surface area contributed by atoms with Crippen LogP contribution < -0.4 is 0 Å². The Bertz CT molecular complexity index is 829. The van der Waals surface area contributed by atoms with E-state index < -0.39 is 5.60 Å². The lowest BCUT2D eigenvalue weighted by atomic mass is 9.88. The van der Waals surface area contributed by atoms with Gasteiger partial charge < -0.3 is 14.6 Å². The van der Waals surface area contributed by atoms with E-state index in [2.05, 4.69) is 15.2 Å². The zero-order valence-corrected chi connectivity index (χ0v) is 15.4. The van der Waals surface area contributed by atoms with E-state index in [1.54, 1.807) is 11.2 Å². The third-order valence-electron chi connectivity index (χ3n) is 5.39. The Morgan fingerprint density at radius 1 is 1.38 bits per heavy atom. The van der Waals surface area contributed by atoms with Crippen molar-refractivity contribution in [2.24, 2.45) is 7.05 Å². The highest BCUT2D eigenvalue weighted by atomic mass is 16.3. The Labute approximate surface area is 153 Å². The Balaban J connectivity index is 1.54. The van der Waals surface area contributed by atoms with Crippen LogP contribution in [0, 0.1) is 6.92 Å². The van der Waals surface area contributed by atoms with Crippen molar-refractivity contribution in [2.75, 3.05) is 13.1 Å². The highest BCUT2D eigenvalue weighted by Crippen LogP contribution is 2.41. The standard InChI is InChI=1S/C19H25N5O2/c1-13-4-7-15(17(21-13)14-5-6-14)18(25)24-9-3-8-19(26,11-24)10-16-22-20-12-23(16)2/h4,7,12,14,26H,3,5-6,8-11H2,1-2H3. The highest BCUT2D eigenvalue weighted by molar-refractivity contribution is 5.95. The first-order valence-electron chi connectivity index (χ1n) is 9.27. The van der Waals surface area contributed by atoms with Gasteiger partial charge in [0.25, 0.3) is 5.91 Å². The number of pyridine rings is 1. The summed E-state index contributed by atoms with van der Waals surface area (Å²) in [6.45, 7) is 2.94. The summed E-state index contributed by atoms with van der Waals surface area (Å²) in [7, 11) is 1.87. The van der Waals surface area contributed by atoms with E-state index in [9.17, 15) is 9.90 Å². The number of hydrogen-bond acceptors (Lipinski definition) is 5. The second-order valence-corrected chi connectivity index (χ2v) is 7.75. The molecule has 26 heavy (non-hydrogen) atoms. The van der Waals surface area contributed by atoms with Gasteiger partial charge in [0.15, 0.2) is 0 Å². The highest BCUT2D eigenvalue weighted by Gasteiger charge is 2.38. The molecule has 1 unspecified atom stereocenters. The van der Waals surface area contributed by atoms with Crippen LogP contribution in [0.3, 0.4) is 0 Å². The van der Waals surface area contributed by atoms with Crippen molar-refractivity contribution >= 4 is 5.91 Å². The minimum atomic E-state index is -0.966. The predicted molar refractivity (Wildman–Crippen MR) is 95.7 cm³/mol. The zero-order valence-electron chi connectivity index (χ0n) is 15.4. The molecule has 1 saturated carbocycles. The van der Waals surface area contributed by atoms with E-state index in [0.717, 1.165) is 36.5 Å². The molecule has 3 heterocycles. The number of aryl methyl sites for hydroxylation is 2. The summed E-state index contributed by atoms with van der Waals surface area (Å²) >= 11 is 0. The van der Waals surface area contributed by atoms with E-state index in [1.165, 1.54) is 0 Å². The normalized spacial score (nSPS) is 23.3. The number of nitrogens with zero attached hydrogens (tertiary/aromatic N) is 5. The Morgan fingerprint density at radius 3 is 2.88 bits per heavy atom. The molecule has 7 nitrogen and oxygen atoms in total. The maximum absolute atomic E-state index is 13.2. The van der Waals surface area contributed by atoms with E-state index in [-0.39, 0.29) is 5.91 Å². The van der Waals surface area contributed by atoms with Crippen molar-refractivity contribution in [1.82, 2.24) is 24.6 Å². The van der Waals surface area contributed by atoms with Crippen LogP contribution in [-0.4, -0.2) is 54.4 Å². The van der Waals surface area contributed by atoms with Gasteiger partial charge in [-0.15, -0.1) is 10.2 Å². The van der Waals surface area contributed by atoms with Crippen LogP contribution in [0.4, 0.5) is 0 Å². The first-order chi connectivity index (χ1) is 12.5. The molecule has 2 aliphatic rings. The molecular weight excluding hydrogens is 330 g/mol. The largest absolute Gasteiger partial charge is 0.388 e. The molecule has 2 aromatic heterocycles. The van der Waals surface area contributed by atoms with E-state index in [4.69, 9.17) is 0 Å². The van der Waals surface area contributed by atoms with Crippen LogP contribution >= 0.6 is 0 Å².